The number of nitrogens with zero attached hydrogens (tertiary/aromatic N) is 3. The highest BCUT2D eigenvalue weighted by Gasteiger charge is 2.57. The van der Waals surface area contributed by atoms with Crippen LogP contribution >= 0.6 is 0 Å². The molecule has 3 aromatic carbocycles. The summed E-state index contributed by atoms with van der Waals surface area (Å²) in [5, 5.41) is 0. The van der Waals surface area contributed by atoms with Crippen LogP contribution in [0, 0.1) is 0 Å². The molecule has 0 radical (unpaired) electrons. The van der Waals surface area contributed by atoms with Gasteiger partial charge < -0.3 is 9.47 Å². The van der Waals surface area contributed by atoms with Crippen LogP contribution in [0.3, 0.4) is 0 Å². The van der Waals surface area contributed by atoms with Crippen molar-refractivity contribution in [3.63, 3.8) is 0 Å². The second kappa shape index (κ2) is 10.5. The summed E-state index contributed by atoms with van der Waals surface area (Å²) in [4.78, 5) is 20.6. The summed E-state index contributed by atoms with van der Waals surface area (Å²) in [7, 11) is 0. The van der Waals surface area contributed by atoms with Gasteiger partial charge in [0.15, 0.2) is 0 Å². The van der Waals surface area contributed by atoms with Crippen LogP contribution < -0.4 is 4.90 Å². The van der Waals surface area contributed by atoms with Crippen molar-refractivity contribution in [3.05, 3.63) is 108 Å². The van der Waals surface area contributed by atoms with E-state index in [0.717, 1.165) is 49.5 Å². The molecule has 0 bridgehead atoms. The molecule has 3 aliphatic heterocycles. The van der Waals surface area contributed by atoms with Crippen molar-refractivity contribution in [2.24, 2.45) is 0 Å². The van der Waals surface area contributed by atoms with Gasteiger partial charge in [-0.05, 0) is 17.2 Å². The van der Waals surface area contributed by atoms with E-state index in [1.54, 1.807) is 0 Å². The third kappa shape index (κ3) is 4.69. The fourth-order valence-corrected chi connectivity index (χ4v) is 5.64. The molecule has 0 N–H and O–H groups in total. The Kier molecular flexibility index (Phi) is 6.89. The minimum Gasteiger partial charge on any atom is -0.337 e. The lowest BCUT2D eigenvalue weighted by molar-refractivity contribution is -0.276. The molecule has 0 aliphatic carbocycles. The number of ether oxygens (including phenoxy) is 2. The zero-order valence-corrected chi connectivity index (χ0v) is 22.0. The maximum atomic E-state index is 13.9. The largest absolute Gasteiger partial charge is 0.337 e. The monoisotopic (exact) mass is 509 g/mol. The van der Waals surface area contributed by atoms with Gasteiger partial charge in [-0.3, -0.25) is 19.5 Å². The SMILES string of the molecule is CC1(c2ccccc2)COC2(OC1)C(=O)N(CN1CCN(C/C=C/c3ccccc3)CC1)c1ccccc12. The summed E-state index contributed by atoms with van der Waals surface area (Å²) in [6.07, 6.45) is 4.41. The highest BCUT2D eigenvalue weighted by atomic mass is 16.7. The first kappa shape index (κ1) is 25.0. The first-order valence-corrected chi connectivity index (χ1v) is 13.5. The number of piperazine rings is 1. The summed E-state index contributed by atoms with van der Waals surface area (Å²) in [6, 6.07) is 28.6. The van der Waals surface area contributed by atoms with Crippen molar-refractivity contribution < 1.29 is 14.3 Å². The molecule has 1 spiro atoms. The van der Waals surface area contributed by atoms with Crippen molar-refractivity contribution in [2.75, 3.05) is 57.5 Å². The first-order chi connectivity index (χ1) is 18.6. The second-order valence-electron chi connectivity index (χ2n) is 10.7. The van der Waals surface area contributed by atoms with E-state index in [2.05, 4.69) is 65.3 Å². The molecule has 1 amide bonds. The van der Waals surface area contributed by atoms with Crippen LogP contribution in [0.2, 0.25) is 0 Å². The summed E-state index contributed by atoms with van der Waals surface area (Å²) >= 11 is 0. The molecule has 6 heteroatoms. The maximum Gasteiger partial charge on any atom is 0.293 e. The molecular formula is C32H35N3O3. The van der Waals surface area contributed by atoms with Crippen molar-refractivity contribution in [2.45, 2.75) is 18.1 Å². The van der Waals surface area contributed by atoms with Crippen LogP contribution in [0.4, 0.5) is 5.69 Å². The molecule has 0 unspecified atom stereocenters. The predicted molar refractivity (Wildman–Crippen MR) is 150 cm³/mol. The number of carbonyl (C=O) groups excluding carboxylic acids is 1. The lowest BCUT2D eigenvalue weighted by Gasteiger charge is -2.42. The molecule has 0 saturated carbocycles. The van der Waals surface area contributed by atoms with Gasteiger partial charge in [-0.1, -0.05) is 97.9 Å². The van der Waals surface area contributed by atoms with Gasteiger partial charge in [0.1, 0.15) is 0 Å². The molecular weight excluding hydrogens is 474 g/mol. The standard InChI is InChI=1S/C32H35N3O3/c1-31(27-14-6-3-7-15-27)23-37-32(38-24-31)28-16-8-9-17-29(28)35(30(32)36)25-34-21-19-33(20-22-34)18-10-13-26-11-4-2-5-12-26/h2-17H,18-25H2,1H3/b13-10+. The summed E-state index contributed by atoms with van der Waals surface area (Å²) < 4.78 is 12.8. The molecule has 6 rings (SSSR count). The summed E-state index contributed by atoms with van der Waals surface area (Å²) in [5.74, 6) is -1.49. The molecule has 38 heavy (non-hydrogen) atoms. The predicted octanol–water partition coefficient (Wildman–Crippen LogP) is 4.48. The minimum absolute atomic E-state index is 0.123. The summed E-state index contributed by atoms with van der Waals surface area (Å²) in [5.41, 5.74) is 3.77. The topological polar surface area (TPSA) is 45.3 Å². The van der Waals surface area contributed by atoms with Crippen LogP contribution in [0.25, 0.3) is 6.08 Å². The number of hydrogen-bond acceptors (Lipinski definition) is 5. The molecule has 0 aromatic heterocycles. The van der Waals surface area contributed by atoms with E-state index in [4.69, 9.17) is 9.47 Å². The molecule has 3 aromatic rings. The number of fused-ring (bicyclic) bond motifs is 2. The third-order valence-electron chi connectivity index (χ3n) is 8.01. The number of carbonyl (C=O) groups is 1. The average molecular weight is 510 g/mol. The van der Waals surface area contributed by atoms with E-state index in [-0.39, 0.29) is 11.3 Å². The van der Waals surface area contributed by atoms with Crippen molar-refractivity contribution in [1.82, 2.24) is 9.80 Å². The smallest absolute Gasteiger partial charge is 0.293 e. The first-order valence-electron chi connectivity index (χ1n) is 13.5. The van der Waals surface area contributed by atoms with E-state index in [1.165, 1.54) is 5.56 Å². The van der Waals surface area contributed by atoms with Gasteiger partial charge in [0.2, 0.25) is 0 Å². The molecule has 196 valence electrons. The van der Waals surface area contributed by atoms with Gasteiger partial charge in [0.05, 0.1) is 25.6 Å². The minimum atomic E-state index is -1.37. The Balaban J connectivity index is 1.10. The van der Waals surface area contributed by atoms with Crippen LogP contribution in [-0.2, 0) is 25.5 Å². The van der Waals surface area contributed by atoms with E-state index < -0.39 is 5.79 Å². The Morgan fingerprint density at radius 1 is 0.789 bits per heavy atom. The fraction of sp³-hybridized carbons (Fsp3) is 0.344. The quantitative estimate of drug-likeness (QED) is 0.490. The van der Waals surface area contributed by atoms with Gasteiger partial charge in [0.25, 0.3) is 11.7 Å². The number of anilines is 1. The second-order valence-corrected chi connectivity index (χ2v) is 10.7. The molecule has 6 nitrogen and oxygen atoms in total. The van der Waals surface area contributed by atoms with Crippen LogP contribution in [0.1, 0.15) is 23.6 Å². The number of para-hydroxylation sites is 1. The lowest BCUT2D eigenvalue weighted by Crippen LogP contribution is -2.56. The van der Waals surface area contributed by atoms with Gasteiger partial charge in [-0.15, -0.1) is 0 Å². The molecule has 3 heterocycles. The van der Waals surface area contributed by atoms with Crippen molar-refractivity contribution in [1.29, 1.82) is 0 Å². The Morgan fingerprint density at radius 2 is 1.39 bits per heavy atom. The van der Waals surface area contributed by atoms with Crippen LogP contribution in [-0.4, -0.2) is 68.3 Å². The number of hydrogen-bond donors (Lipinski definition) is 0. The zero-order valence-electron chi connectivity index (χ0n) is 22.0. The molecule has 0 atom stereocenters. The number of rotatable bonds is 6. The van der Waals surface area contributed by atoms with E-state index in [0.29, 0.717) is 19.9 Å². The molecule has 2 saturated heterocycles. The van der Waals surface area contributed by atoms with Gasteiger partial charge in [0, 0.05) is 43.7 Å². The Morgan fingerprint density at radius 3 is 2.11 bits per heavy atom. The highest BCUT2D eigenvalue weighted by molar-refractivity contribution is 6.06. The number of benzene rings is 3. The fourth-order valence-electron chi connectivity index (χ4n) is 5.64. The van der Waals surface area contributed by atoms with E-state index in [1.807, 2.05) is 53.4 Å². The van der Waals surface area contributed by atoms with Gasteiger partial charge in [-0.2, -0.15) is 0 Å². The molecule has 2 fully saturated rings. The van der Waals surface area contributed by atoms with E-state index >= 15 is 0 Å². The van der Waals surface area contributed by atoms with E-state index in [9.17, 15) is 4.79 Å². The average Bonchev–Trinajstić information content (AvgIpc) is 3.19. The van der Waals surface area contributed by atoms with Crippen molar-refractivity contribution in [3.8, 4) is 0 Å². The van der Waals surface area contributed by atoms with Gasteiger partial charge >= 0.3 is 0 Å². The van der Waals surface area contributed by atoms with Crippen molar-refractivity contribution >= 4 is 17.7 Å². The maximum absolute atomic E-state index is 13.9. The lowest BCUT2D eigenvalue weighted by atomic mass is 9.83. The number of amides is 1. The Hall–Kier alpha value is -3.29. The zero-order chi connectivity index (χ0) is 26.0. The third-order valence-corrected chi connectivity index (χ3v) is 8.01. The highest BCUT2D eigenvalue weighted by Crippen LogP contribution is 2.47. The Bertz CT molecular complexity index is 1280. The normalized spacial score (nSPS) is 26.3. The summed E-state index contributed by atoms with van der Waals surface area (Å²) in [6.45, 7) is 8.19. The van der Waals surface area contributed by atoms with Gasteiger partial charge in [-0.25, -0.2) is 0 Å². The van der Waals surface area contributed by atoms with Crippen LogP contribution in [0.5, 0.6) is 0 Å². The van der Waals surface area contributed by atoms with Crippen LogP contribution in [0.15, 0.2) is 91.0 Å². The Labute approximate surface area is 225 Å². The molecule has 3 aliphatic rings.